The van der Waals surface area contributed by atoms with Gasteiger partial charge in [0, 0.05) is 0 Å². The summed E-state index contributed by atoms with van der Waals surface area (Å²) < 4.78 is 1.54. The van der Waals surface area contributed by atoms with E-state index in [1.807, 2.05) is 0 Å². The Labute approximate surface area is 132 Å². The molecular weight excluding hydrogens is 333 g/mol. The van der Waals surface area contributed by atoms with Crippen molar-refractivity contribution in [3.8, 4) is 0 Å². The highest BCUT2D eigenvalue weighted by Gasteiger charge is 2.08. The lowest BCUT2D eigenvalue weighted by Crippen LogP contribution is -2.27. The van der Waals surface area contributed by atoms with Crippen LogP contribution in [0.5, 0.6) is 0 Å². The normalized spacial score (nSPS) is 12.2. The quantitative estimate of drug-likeness (QED) is 0.676. The molecule has 0 radical (unpaired) electrons. The van der Waals surface area contributed by atoms with E-state index in [1.54, 1.807) is 24.3 Å². The third-order valence-electron chi connectivity index (χ3n) is 2.78. The molecule has 0 saturated carbocycles. The fourth-order valence-corrected chi connectivity index (χ4v) is 2.95. The van der Waals surface area contributed by atoms with Gasteiger partial charge in [-0.05, 0) is 30.7 Å². The second kappa shape index (κ2) is 5.22. The summed E-state index contributed by atoms with van der Waals surface area (Å²) in [6.45, 7) is 1.52. The standard InChI is InChI=1S/C13H7Cl2N3O2S/c1-6-11(19)16-13-18(17-6)12(20)10(21-13)5-7-2-3-8(14)9(15)4-7/h2-5H,1H3/b10-5+. The molecule has 5 nitrogen and oxygen atoms in total. The predicted octanol–water partition coefficient (Wildman–Crippen LogP) is 1.67. The topological polar surface area (TPSA) is 64.3 Å². The first-order valence-electron chi connectivity index (χ1n) is 5.83. The number of nitrogens with zero attached hydrogens (tertiary/aromatic N) is 3. The second-order valence-electron chi connectivity index (χ2n) is 4.29. The first-order chi connectivity index (χ1) is 9.95. The van der Waals surface area contributed by atoms with Gasteiger partial charge in [-0.2, -0.15) is 14.6 Å². The highest BCUT2D eigenvalue weighted by Crippen LogP contribution is 2.22. The van der Waals surface area contributed by atoms with Crippen molar-refractivity contribution >= 4 is 45.6 Å². The third-order valence-corrected chi connectivity index (χ3v) is 4.48. The number of halogens is 2. The third kappa shape index (κ3) is 2.57. The minimum atomic E-state index is -0.433. The van der Waals surface area contributed by atoms with Crippen molar-refractivity contribution < 1.29 is 0 Å². The number of hydrogen-bond donors (Lipinski definition) is 0. The molecule has 1 aromatic carbocycles. The van der Waals surface area contributed by atoms with Crippen LogP contribution in [0.25, 0.3) is 11.0 Å². The molecule has 0 aliphatic heterocycles. The Morgan fingerprint density at radius 1 is 1.24 bits per heavy atom. The van der Waals surface area contributed by atoms with Gasteiger partial charge in [0.15, 0.2) is 0 Å². The molecule has 0 fully saturated rings. The fourth-order valence-electron chi connectivity index (χ4n) is 1.74. The number of hydrogen-bond acceptors (Lipinski definition) is 5. The van der Waals surface area contributed by atoms with Gasteiger partial charge in [-0.15, -0.1) is 0 Å². The van der Waals surface area contributed by atoms with E-state index in [4.69, 9.17) is 23.2 Å². The van der Waals surface area contributed by atoms with Crippen LogP contribution in [0, 0.1) is 6.92 Å². The molecule has 2 aromatic heterocycles. The summed E-state index contributed by atoms with van der Waals surface area (Å²) in [5.74, 6) is 0. The van der Waals surface area contributed by atoms with Gasteiger partial charge in [0.2, 0.25) is 4.96 Å². The number of thiazole rings is 1. The van der Waals surface area contributed by atoms with E-state index in [-0.39, 0.29) is 16.2 Å². The molecule has 0 atom stereocenters. The average molecular weight is 340 g/mol. The zero-order chi connectivity index (χ0) is 15.1. The maximum absolute atomic E-state index is 12.2. The Morgan fingerprint density at radius 2 is 2.00 bits per heavy atom. The highest BCUT2D eigenvalue weighted by atomic mass is 35.5. The second-order valence-corrected chi connectivity index (χ2v) is 6.11. The number of fused-ring (bicyclic) bond motifs is 1. The minimum absolute atomic E-state index is 0.184. The summed E-state index contributed by atoms with van der Waals surface area (Å²) in [6.07, 6.45) is 1.66. The molecule has 0 saturated heterocycles. The van der Waals surface area contributed by atoms with E-state index >= 15 is 0 Å². The van der Waals surface area contributed by atoms with E-state index in [0.717, 1.165) is 21.4 Å². The smallest absolute Gasteiger partial charge is 0.266 e. The molecule has 0 unspecified atom stereocenters. The first-order valence-corrected chi connectivity index (χ1v) is 7.40. The maximum Gasteiger partial charge on any atom is 0.295 e. The summed E-state index contributed by atoms with van der Waals surface area (Å²) in [5, 5.41) is 4.79. The van der Waals surface area contributed by atoms with Crippen molar-refractivity contribution in [2.24, 2.45) is 0 Å². The summed E-state index contributed by atoms with van der Waals surface area (Å²) in [4.78, 5) is 27.8. The van der Waals surface area contributed by atoms with Crippen molar-refractivity contribution in [2.75, 3.05) is 0 Å². The summed E-state index contributed by atoms with van der Waals surface area (Å²) in [7, 11) is 0. The van der Waals surface area contributed by atoms with Crippen molar-refractivity contribution in [1.29, 1.82) is 0 Å². The van der Waals surface area contributed by atoms with E-state index in [2.05, 4.69) is 10.1 Å². The van der Waals surface area contributed by atoms with E-state index < -0.39 is 5.56 Å². The van der Waals surface area contributed by atoms with Gasteiger partial charge in [-0.3, -0.25) is 9.59 Å². The maximum atomic E-state index is 12.2. The van der Waals surface area contributed by atoms with Crippen LogP contribution >= 0.6 is 34.5 Å². The largest absolute Gasteiger partial charge is 0.295 e. The van der Waals surface area contributed by atoms with E-state index in [0.29, 0.717) is 14.6 Å². The molecule has 2 heterocycles. The van der Waals surface area contributed by atoms with Gasteiger partial charge < -0.3 is 0 Å². The van der Waals surface area contributed by atoms with Crippen LogP contribution in [0.4, 0.5) is 0 Å². The number of benzene rings is 1. The molecule has 8 heteroatoms. The van der Waals surface area contributed by atoms with Crippen LogP contribution < -0.4 is 15.7 Å². The van der Waals surface area contributed by atoms with Crippen LogP contribution in [0.1, 0.15) is 11.3 Å². The Balaban J connectivity index is 2.27. The summed E-state index contributed by atoms with van der Waals surface area (Å²) in [5.41, 5.74) is 0.158. The van der Waals surface area contributed by atoms with Gasteiger partial charge in [0.05, 0.1) is 14.6 Å². The molecule has 0 bridgehead atoms. The Morgan fingerprint density at radius 3 is 2.71 bits per heavy atom. The SMILES string of the molecule is Cc1nn2c(=O)/c(=C\c3ccc(Cl)c(Cl)c3)sc2nc1=O. The Bertz CT molecular complexity index is 1030. The monoisotopic (exact) mass is 339 g/mol. The Kier molecular flexibility index (Phi) is 3.52. The molecule has 3 rings (SSSR count). The highest BCUT2D eigenvalue weighted by molar-refractivity contribution is 7.15. The molecule has 0 spiro atoms. The van der Waals surface area contributed by atoms with Crippen LogP contribution in [0.3, 0.4) is 0 Å². The van der Waals surface area contributed by atoms with Crippen molar-refractivity contribution in [1.82, 2.24) is 14.6 Å². The van der Waals surface area contributed by atoms with Gasteiger partial charge in [-0.25, -0.2) is 0 Å². The summed E-state index contributed by atoms with van der Waals surface area (Å²) in [6, 6.07) is 5.05. The minimum Gasteiger partial charge on any atom is -0.266 e. The number of rotatable bonds is 1. The van der Waals surface area contributed by atoms with Crippen LogP contribution in [0.2, 0.25) is 10.0 Å². The number of aromatic nitrogens is 3. The average Bonchev–Trinajstić information content (AvgIpc) is 2.72. The molecule has 106 valence electrons. The van der Waals surface area contributed by atoms with Gasteiger partial charge >= 0.3 is 0 Å². The van der Waals surface area contributed by atoms with E-state index in [9.17, 15) is 9.59 Å². The fraction of sp³-hybridized carbons (Fsp3) is 0.0769. The molecule has 3 aromatic rings. The molecule has 21 heavy (non-hydrogen) atoms. The van der Waals surface area contributed by atoms with Crippen molar-refractivity contribution in [2.45, 2.75) is 6.92 Å². The predicted molar refractivity (Wildman–Crippen MR) is 83.4 cm³/mol. The first kappa shape index (κ1) is 14.2. The molecule has 0 amide bonds. The van der Waals surface area contributed by atoms with Gasteiger partial charge in [0.1, 0.15) is 5.69 Å². The molecule has 0 aliphatic rings. The van der Waals surface area contributed by atoms with Gasteiger partial charge in [-0.1, -0.05) is 40.6 Å². The zero-order valence-corrected chi connectivity index (χ0v) is 13.0. The molecule has 0 N–H and O–H groups in total. The van der Waals surface area contributed by atoms with Crippen LogP contribution in [-0.4, -0.2) is 14.6 Å². The number of aryl methyl sites for hydroxylation is 1. The van der Waals surface area contributed by atoms with Gasteiger partial charge in [0.25, 0.3) is 11.1 Å². The molecular formula is C13H7Cl2N3O2S. The summed E-state index contributed by atoms with van der Waals surface area (Å²) >= 11 is 12.9. The van der Waals surface area contributed by atoms with Crippen molar-refractivity contribution in [3.63, 3.8) is 0 Å². The molecule has 0 aliphatic carbocycles. The van der Waals surface area contributed by atoms with E-state index in [1.165, 1.54) is 6.92 Å². The van der Waals surface area contributed by atoms with Crippen LogP contribution in [0.15, 0.2) is 27.8 Å². The zero-order valence-electron chi connectivity index (χ0n) is 10.6. The lowest BCUT2D eigenvalue weighted by Gasteiger charge is -1.96. The Hall–Kier alpha value is -1.76. The lowest BCUT2D eigenvalue weighted by molar-refractivity contribution is 0.833. The van der Waals surface area contributed by atoms with Crippen molar-refractivity contribution in [3.05, 3.63) is 64.7 Å². The lowest BCUT2D eigenvalue weighted by atomic mass is 10.2. The van der Waals surface area contributed by atoms with Crippen LogP contribution in [-0.2, 0) is 0 Å².